The predicted octanol–water partition coefficient (Wildman–Crippen LogP) is 3.03. The molecule has 2 rings (SSSR count). The number of piperazine rings is 1. The Morgan fingerprint density at radius 1 is 1.30 bits per heavy atom. The molecule has 3 nitrogen and oxygen atoms in total. The van der Waals surface area contributed by atoms with Crippen LogP contribution in [-0.2, 0) is 0 Å². The van der Waals surface area contributed by atoms with Crippen LogP contribution in [0.5, 0.6) is 5.75 Å². The summed E-state index contributed by atoms with van der Waals surface area (Å²) in [7, 11) is 1.61. The van der Waals surface area contributed by atoms with Gasteiger partial charge in [-0.05, 0) is 24.6 Å². The van der Waals surface area contributed by atoms with Gasteiger partial charge in [0, 0.05) is 37.8 Å². The SMILES string of the molecule is CC[C@H](c1cc(OC)ccc1F)N1CCNCC1.Cl.Cl. The number of ether oxygens (including phenoxy) is 1. The second-order valence-electron chi connectivity index (χ2n) is 4.60. The van der Waals surface area contributed by atoms with E-state index in [0.29, 0.717) is 0 Å². The first-order valence-electron chi connectivity index (χ1n) is 6.54. The number of benzene rings is 1. The third kappa shape index (κ3) is 4.48. The average molecular weight is 325 g/mol. The highest BCUT2D eigenvalue weighted by Gasteiger charge is 2.23. The first-order valence-corrected chi connectivity index (χ1v) is 6.54. The molecule has 6 heteroatoms. The van der Waals surface area contributed by atoms with Gasteiger partial charge in [0.25, 0.3) is 0 Å². The Morgan fingerprint density at radius 3 is 2.50 bits per heavy atom. The molecule has 116 valence electrons. The molecule has 1 atom stereocenters. The summed E-state index contributed by atoms with van der Waals surface area (Å²) in [5.41, 5.74) is 0.749. The van der Waals surface area contributed by atoms with Crippen molar-refractivity contribution in [2.45, 2.75) is 19.4 Å². The van der Waals surface area contributed by atoms with Crippen molar-refractivity contribution in [1.29, 1.82) is 0 Å². The van der Waals surface area contributed by atoms with Crippen molar-refractivity contribution in [2.24, 2.45) is 0 Å². The lowest BCUT2D eigenvalue weighted by atomic mass is 10.0. The van der Waals surface area contributed by atoms with Crippen molar-refractivity contribution < 1.29 is 9.13 Å². The Balaban J connectivity index is 0.00000180. The number of methoxy groups -OCH3 is 1. The second-order valence-corrected chi connectivity index (χ2v) is 4.60. The molecule has 0 bridgehead atoms. The zero-order valence-corrected chi connectivity index (χ0v) is 13.5. The minimum Gasteiger partial charge on any atom is -0.497 e. The lowest BCUT2D eigenvalue weighted by Gasteiger charge is -2.35. The van der Waals surface area contributed by atoms with E-state index in [4.69, 9.17) is 4.74 Å². The maximum absolute atomic E-state index is 14.0. The van der Waals surface area contributed by atoms with E-state index in [0.717, 1.165) is 43.9 Å². The van der Waals surface area contributed by atoms with Crippen molar-refractivity contribution in [1.82, 2.24) is 10.2 Å². The van der Waals surface area contributed by atoms with E-state index < -0.39 is 0 Å². The highest BCUT2D eigenvalue weighted by Crippen LogP contribution is 2.29. The first kappa shape index (κ1) is 19.4. The largest absolute Gasteiger partial charge is 0.497 e. The summed E-state index contributed by atoms with van der Waals surface area (Å²) < 4.78 is 19.2. The van der Waals surface area contributed by atoms with Crippen molar-refractivity contribution in [3.05, 3.63) is 29.6 Å². The second kappa shape index (κ2) is 9.40. The summed E-state index contributed by atoms with van der Waals surface area (Å²) in [5.74, 6) is 0.584. The van der Waals surface area contributed by atoms with Gasteiger partial charge in [-0.25, -0.2) is 4.39 Å². The average Bonchev–Trinajstić information content (AvgIpc) is 2.43. The molecule has 1 aliphatic rings. The summed E-state index contributed by atoms with van der Waals surface area (Å²) >= 11 is 0. The Kier molecular flexibility index (Phi) is 9.14. The Bertz CT molecular complexity index is 401. The van der Waals surface area contributed by atoms with E-state index in [1.165, 1.54) is 6.07 Å². The fourth-order valence-corrected chi connectivity index (χ4v) is 2.57. The summed E-state index contributed by atoms with van der Waals surface area (Å²) in [6.07, 6.45) is 0.907. The van der Waals surface area contributed by atoms with Crippen LogP contribution in [0.3, 0.4) is 0 Å². The van der Waals surface area contributed by atoms with E-state index in [1.807, 2.05) is 6.07 Å². The maximum Gasteiger partial charge on any atom is 0.128 e. The van der Waals surface area contributed by atoms with Gasteiger partial charge in [0.1, 0.15) is 11.6 Å². The summed E-state index contributed by atoms with van der Waals surface area (Å²) in [5, 5.41) is 3.32. The van der Waals surface area contributed by atoms with E-state index in [-0.39, 0.29) is 36.7 Å². The van der Waals surface area contributed by atoms with Crippen LogP contribution in [-0.4, -0.2) is 38.2 Å². The van der Waals surface area contributed by atoms with Crippen molar-refractivity contribution in [3.63, 3.8) is 0 Å². The Hall–Kier alpha value is -0.550. The topological polar surface area (TPSA) is 24.5 Å². The number of nitrogens with one attached hydrogen (secondary N) is 1. The van der Waals surface area contributed by atoms with Gasteiger partial charge in [0.05, 0.1) is 7.11 Å². The molecule has 0 unspecified atom stereocenters. The van der Waals surface area contributed by atoms with Crippen LogP contribution in [0.2, 0.25) is 0 Å². The molecule has 20 heavy (non-hydrogen) atoms. The van der Waals surface area contributed by atoms with Crippen molar-refractivity contribution >= 4 is 24.8 Å². The molecule has 1 heterocycles. The maximum atomic E-state index is 14.0. The molecule has 0 saturated carbocycles. The van der Waals surface area contributed by atoms with Gasteiger partial charge in [-0.3, -0.25) is 4.90 Å². The van der Waals surface area contributed by atoms with E-state index in [1.54, 1.807) is 13.2 Å². The minimum absolute atomic E-state index is 0. The highest BCUT2D eigenvalue weighted by atomic mass is 35.5. The third-order valence-corrected chi connectivity index (χ3v) is 3.54. The molecule has 0 radical (unpaired) electrons. The number of hydrogen-bond donors (Lipinski definition) is 1. The van der Waals surface area contributed by atoms with Gasteiger partial charge in [0.15, 0.2) is 0 Å². The molecular formula is C14H23Cl2FN2O. The van der Waals surface area contributed by atoms with Crippen LogP contribution in [0.15, 0.2) is 18.2 Å². The lowest BCUT2D eigenvalue weighted by molar-refractivity contribution is 0.166. The molecule has 1 aliphatic heterocycles. The molecule has 1 aromatic rings. The summed E-state index contributed by atoms with van der Waals surface area (Å²) in [6, 6.07) is 5.13. The molecular weight excluding hydrogens is 302 g/mol. The van der Waals surface area contributed by atoms with Crippen LogP contribution >= 0.6 is 24.8 Å². The molecule has 1 saturated heterocycles. The van der Waals surface area contributed by atoms with Crippen molar-refractivity contribution in [2.75, 3.05) is 33.3 Å². The number of rotatable bonds is 4. The van der Waals surface area contributed by atoms with Gasteiger partial charge in [0.2, 0.25) is 0 Å². The van der Waals surface area contributed by atoms with Crippen LogP contribution < -0.4 is 10.1 Å². The predicted molar refractivity (Wildman–Crippen MR) is 84.9 cm³/mol. The third-order valence-electron chi connectivity index (χ3n) is 3.54. The molecule has 0 amide bonds. The fourth-order valence-electron chi connectivity index (χ4n) is 2.57. The smallest absolute Gasteiger partial charge is 0.128 e. The van der Waals surface area contributed by atoms with Gasteiger partial charge in [-0.2, -0.15) is 0 Å². The lowest BCUT2D eigenvalue weighted by Crippen LogP contribution is -2.45. The molecule has 0 aromatic heterocycles. The van der Waals surface area contributed by atoms with Crippen molar-refractivity contribution in [3.8, 4) is 5.75 Å². The van der Waals surface area contributed by atoms with Gasteiger partial charge in [-0.15, -0.1) is 24.8 Å². The molecule has 1 aromatic carbocycles. The van der Waals surface area contributed by atoms with E-state index in [9.17, 15) is 4.39 Å². The van der Waals surface area contributed by atoms with Gasteiger partial charge >= 0.3 is 0 Å². The zero-order chi connectivity index (χ0) is 13.0. The van der Waals surface area contributed by atoms with Gasteiger partial charge < -0.3 is 10.1 Å². The standard InChI is InChI=1S/C14H21FN2O.2ClH/c1-3-14(17-8-6-16-7-9-17)12-10-11(18-2)4-5-13(12)15;;/h4-5,10,14,16H,3,6-9H2,1-2H3;2*1H/t14-;;/m1../s1. The summed E-state index contributed by atoms with van der Waals surface area (Å²) in [6.45, 7) is 5.99. The number of halogens is 3. The van der Waals surface area contributed by atoms with Gasteiger partial charge in [-0.1, -0.05) is 6.92 Å². The quantitative estimate of drug-likeness (QED) is 0.921. The number of nitrogens with zero attached hydrogens (tertiary/aromatic N) is 1. The van der Waals surface area contributed by atoms with Crippen LogP contribution in [0, 0.1) is 5.82 Å². The van der Waals surface area contributed by atoms with Crippen LogP contribution in [0.4, 0.5) is 4.39 Å². The molecule has 0 aliphatic carbocycles. The normalized spacial score (nSPS) is 16.8. The minimum atomic E-state index is -0.138. The van der Waals surface area contributed by atoms with Crippen LogP contribution in [0.25, 0.3) is 0 Å². The molecule has 1 N–H and O–H groups in total. The van der Waals surface area contributed by atoms with E-state index in [2.05, 4.69) is 17.1 Å². The monoisotopic (exact) mass is 324 g/mol. The first-order chi connectivity index (χ1) is 8.76. The zero-order valence-electron chi connectivity index (χ0n) is 11.9. The van der Waals surface area contributed by atoms with Crippen LogP contribution in [0.1, 0.15) is 24.9 Å². The Morgan fingerprint density at radius 2 is 1.95 bits per heavy atom. The molecule has 1 fully saturated rings. The summed E-state index contributed by atoms with van der Waals surface area (Å²) in [4.78, 5) is 2.34. The molecule has 0 spiro atoms. The Labute approximate surface area is 132 Å². The number of hydrogen-bond acceptors (Lipinski definition) is 3. The fraction of sp³-hybridized carbons (Fsp3) is 0.571. The highest BCUT2D eigenvalue weighted by molar-refractivity contribution is 5.85. The van der Waals surface area contributed by atoms with E-state index >= 15 is 0 Å².